The molecule has 1 amide bonds. The number of thiazole rings is 1. The van der Waals surface area contributed by atoms with Crippen LogP contribution in [0, 0.1) is 0 Å². The van der Waals surface area contributed by atoms with Crippen LogP contribution in [-0.4, -0.2) is 58.0 Å². The van der Waals surface area contributed by atoms with Crippen LogP contribution >= 0.6 is 33.9 Å². The summed E-state index contributed by atoms with van der Waals surface area (Å²) < 4.78 is 38.7. The molecule has 31 heavy (non-hydrogen) atoms. The number of carbonyl (C=O) groups excluding carboxylic acids is 1. The zero-order valence-electron chi connectivity index (χ0n) is 19.0. The highest BCUT2D eigenvalue weighted by atomic mass is 127. The summed E-state index contributed by atoms with van der Waals surface area (Å²) in [6.45, 7) is 13.2. The zero-order chi connectivity index (χ0) is 23.6. The fourth-order valence-electron chi connectivity index (χ4n) is 3.00. The molecule has 0 spiro atoms. The smallest absolute Gasteiger partial charge is 0.412 e. The van der Waals surface area contributed by atoms with Crippen molar-refractivity contribution in [3.8, 4) is 0 Å². The first-order chi connectivity index (χ1) is 14.1. The minimum Gasteiger partial charge on any atom is -0.444 e. The van der Waals surface area contributed by atoms with Gasteiger partial charge in [0.05, 0.1) is 28.6 Å². The molecule has 174 valence electrons. The predicted molar refractivity (Wildman–Crippen MR) is 133 cm³/mol. The molecule has 0 bridgehead atoms. The minimum atomic E-state index is -3.69. The third-order valence-electron chi connectivity index (χ3n) is 4.12. The number of fused-ring (bicyclic) bond motifs is 1. The summed E-state index contributed by atoms with van der Waals surface area (Å²) in [5.74, 6) is -0.268. The number of halogens is 1. The Morgan fingerprint density at radius 3 is 2.48 bits per heavy atom. The summed E-state index contributed by atoms with van der Waals surface area (Å²) in [5, 5.41) is 0. The number of sulfone groups is 1. The molecule has 0 unspecified atom stereocenters. The molecular weight excluding hydrogens is 551 g/mol. The standard InChI is InChI=1S/C18H24N2O5S2.C3H7I/c1-17(2,3)25-16(21)20-12(10-24-18(20,4)5)11-27(22,23)15-19-13-8-6-7-9-14(13)26-15;1-3(2)4/h6-9,12H,10-11H2,1-5H3;3H,1-2H3/t12-;/m1./s1. The molecule has 1 aliphatic rings. The fraction of sp³-hybridized carbons (Fsp3) is 0.619. The normalized spacial score (nSPS) is 18.7. The number of rotatable bonds is 3. The van der Waals surface area contributed by atoms with E-state index in [-0.39, 0.29) is 16.7 Å². The number of para-hydroxylation sites is 1. The van der Waals surface area contributed by atoms with Crippen molar-refractivity contribution in [3.05, 3.63) is 24.3 Å². The van der Waals surface area contributed by atoms with Crippen LogP contribution in [-0.2, 0) is 19.3 Å². The molecule has 1 aliphatic heterocycles. The Morgan fingerprint density at radius 1 is 1.35 bits per heavy atom. The molecule has 1 fully saturated rings. The van der Waals surface area contributed by atoms with Crippen LogP contribution in [0.3, 0.4) is 0 Å². The summed E-state index contributed by atoms with van der Waals surface area (Å²) in [4.78, 5) is 18.3. The molecule has 3 rings (SSSR count). The van der Waals surface area contributed by atoms with E-state index >= 15 is 0 Å². The zero-order valence-corrected chi connectivity index (χ0v) is 22.8. The van der Waals surface area contributed by atoms with Crippen molar-refractivity contribution in [1.82, 2.24) is 9.88 Å². The van der Waals surface area contributed by atoms with Gasteiger partial charge in [0.1, 0.15) is 11.3 Å². The van der Waals surface area contributed by atoms with Gasteiger partial charge in [0, 0.05) is 3.92 Å². The second kappa shape index (κ2) is 9.88. The van der Waals surface area contributed by atoms with Gasteiger partial charge in [-0.05, 0) is 46.8 Å². The summed E-state index contributed by atoms with van der Waals surface area (Å²) in [6, 6.07) is 6.62. The van der Waals surface area contributed by atoms with E-state index in [1.807, 2.05) is 18.2 Å². The van der Waals surface area contributed by atoms with Crippen LogP contribution in [0.1, 0.15) is 48.5 Å². The molecule has 2 aromatic rings. The molecular formula is C21H31IN2O5S2. The SMILES string of the molecule is CC(C)(C)OC(=O)N1[C@@H](CS(=O)(=O)c2nc3ccccc3s2)COC1(C)C.CC(C)I. The van der Waals surface area contributed by atoms with Gasteiger partial charge in [0.15, 0.2) is 0 Å². The first-order valence-electron chi connectivity index (χ1n) is 10.0. The minimum absolute atomic E-state index is 0.0533. The van der Waals surface area contributed by atoms with Crippen LogP contribution in [0.2, 0.25) is 0 Å². The lowest BCUT2D eigenvalue weighted by atomic mass is 10.2. The number of ether oxygens (including phenoxy) is 2. The molecule has 0 aliphatic carbocycles. The van der Waals surface area contributed by atoms with Crippen molar-refractivity contribution in [3.63, 3.8) is 0 Å². The monoisotopic (exact) mass is 582 g/mol. The number of aromatic nitrogens is 1. The van der Waals surface area contributed by atoms with Gasteiger partial charge in [0.25, 0.3) is 0 Å². The van der Waals surface area contributed by atoms with E-state index in [0.717, 1.165) is 20.0 Å². The van der Waals surface area contributed by atoms with Crippen LogP contribution in [0.15, 0.2) is 28.6 Å². The third kappa shape index (κ3) is 7.26. The highest BCUT2D eigenvalue weighted by Crippen LogP contribution is 2.32. The molecule has 0 radical (unpaired) electrons. The number of amides is 1. The van der Waals surface area contributed by atoms with Crippen LogP contribution in [0.4, 0.5) is 4.79 Å². The molecule has 1 aromatic carbocycles. The van der Waals surface area contributed by atoms with Gasteiger partial charge >= 0.3 is 6.09 Å². The van der Waals surface area contributed by atoms with Crippen LogP contribution < -0.4 is 0 Å². The van der Waals surface area contributed by atoms with Crippen molar-refractivity contribution in [2.75, 3.05) is 12.4 Å². The van der Waals surface area contributed by atoms with Gasteiger partial charge in [-0.15, -0.1) is 11.3 Å². The van der Waals surface area contributed by atoms with E-state index in [1.54, 1.807) is 40.7 Å². The van der Waals surface area contributed by atoms with E-state index in [1.165, 1.54) is 4.90 Å². The van der Waals surface area contributed by atoms with E-state index in [0.29, 0.717) is 5.52 Å². The third-order valence-corrected chi connectivity index (χ3v) is 7.41. The highest BCUT2D eigenvalue weighted by Gasteiger charge is 2.47. The number of hydrogen-bond acceptors (Lipinski definition) is 7. The lowest BCUT2D eigenvalue weighted by molar-refractivity contribution is -0.0617. The number of carbonyl (C=O) groups is 1. The van der Waals surface area contributed by atoms with Gasteiger partial charge in [0.2, 0.25) is 14.2 Å². The quantitative estimate of drug-likeness (QED) is 0.362. The summed E-state index contributed by atoms with van der Waals surface area (Å²) in [7, 11) is -3.69. The van der Waals surface area contributed by atoms with Crippen molar-refractivity contribution >= 4 is 60.1 Å². The maximum absolute atomic E-state index is 12.9. The average molecular weight is 583 g/mol. The lowest BCUT2D eigenvalue weighted by Gasteiger charge is -2.34. The Bertz CT molecular complexity index is 976. The molecule has 1 atom stereocenters. The second-order valence-electron chi connectivity index (χ2n) is 9.00. The van der Waals surface area contributed by atoms with E-state index in [2.05, 4.69) is 41.4 Å². The van der Waals surface area contributed by atoms with Crippen LogP contribution in [0.5, 0.6) is 0 Å². The largest absolute Gasteiger partial charge is 0.444 e. The van der Waals surface area contributed by atoms with E-state index in [9.17, 15) is 13.2 Å². The Labute approximate surface area is 202 Å². The molecule has 1 aromatic heterocycles. The van der Waals surface area contributed by atoms with Crippen molar-refractivity contribution in [2.45, 2.75) is 74.1 Å². The second-order valence-corrected chi connectivity index (χ2v) is 14.7. The molecule has 7 nitrogen and oxygen atoms in total. The fourth-order valence-corrected chi connectivity index (χ4v) is 5.81. The van der Waals surface area contributed by atoms with Crippen molar-refractivity contribution in [1.29, 1.82) is 0 Å². The first kappa shape index (κ1) is 26.3. The summed E-state index contributed by atoms with van der Waals surface area (Å²) >= 11 is 3.48. The highest BCUT2D eigenvalue weighted by molar-refractivity contribution is 14.1. The van der Waals surface area contributed by atoms with Gasteiger partial charge < -0.3 is 9.47 Å². The maximum atomic E-state index is 12.9. The van der Waals surface area contributed by atoms with E-state index < -0.39 is 33.3 Å². The molecule has 0 N–H and O–H groups in total. The van der Waals surface area contributed by atoms with Gasteiger partial charge in [-0.25, -0.2) is 18.2 Å². The molecule has 10 heteroatoms. The Kier molecular flexibility index (Phi) is 8.37. The first-order valence-corrected chi connectivity index (χ1v) is 13.7. The number of alkyl halides is 1. The predicted octanol–water partition coefficient (Wildman–Crippen LogP) is 5.27. The number of hydrogen-bond donors (Lipinski definition) is 0. The molecule has 0 saturated carbocycles. The van der Waals surface area contributed by atoms with Crippen LogP contribution in [0.25, 0.3) is 10.2 Å². The summed E-state index contributed by atoms with van der Waals surface area (Å²) in [6.07, 6.45) is -0.588. The van der Waals surface area contributed by atoms with Crippen molar-refractivity contribution < 1.29 is 22.7 Å². The Hall–Kier alpha value is -0.980. The molecule has 2 heterocycles. The Balaban J connectivity index is 0.000000785. The average Bonchev–Trinajstić information content (AvgIpc) is 3.13. The summed E-state index contributed by atoms with van der Waals surface area (Å²) in [5.41, 5.74) is -0.990. The Morgan fingerprint density at radius 2 is 1.94 bits per heavy atom. The van der Waals surface area contributed by atoms with Gasteiger partial charge in [-0.2, -0.15) is 0 Å². The number of nitrogens with zero attached hydrogens (tertiary/aromatic N) is 2. The van der Waals surface area contributed by atoms with E-state index in [4.69, 9.17) is 9.47 Å². The number of benzene rings is 1. The van der Waals surface area contributed by atoms with Gasteiger partial charge in [-0.3, -0.25) is 4.90 Å². The topological polar surface area (TPSA) is 85.8 Å². The van der Waals surface area contributed by atoms with Gasteiger partial charge in [-0.1, -0.05) is 48.6 Å². The maximum Gasteiger partial charge on any atom is 0.412 e. The lowest BCUT2D eigenvalue weighted by Crippen LogP contribution is -2.51. The molecule has 1 saturated heterocycles. The van der Waals surface area contributed by atoms with Crippen molar-refractivity contribution in [2.24, 2.45) is 0 Å².